The molecule has 0 aromatic heterocycles. The normalized spacial score (nSPS) is 10.5. The first-order valence-electron chi connectivity index (χ1n) is 6.16. The van der Waals surface area contributed by atoms with Crippen LogP contribution >= 0.6 is 11.6 Å². The highest BCUT2D eigenvalue weighted by molar-refractivity contribution is 6.33. The smallest absolute Gasteiger partial charge is 0.228 e. The van der Waals surface area contributed by atoms with Crippen molar-refractivity contribution in [2.24, 2.45) is 0 Å². The van der Waals surface area contributed by atoms with E-state index in [9.17, 15) is 13.6 Å². The van der Waals surface area contributed by atoms with Gasteiger partial charge in [0.25, 0.3) is 0 Å². The van der Waals surface area contributed by atoms with Gasteiger partial charge < -0.3 is 11.1 Å². The number of nitrogen functional groups attached to an aromatic ring is 1. The molecule has 0 saturated heterocycles. The van der Waals surface area contributed by atoms with Gasteiger partial charge in [-0.1, -0.05) is 17.7 Å². The third kappa shape index (κ3) is 3.70. The number of amides is 1. The van der Waals surface area contributed by atoms with Gasteiger partial charge in [0.1, 0.15) is 11.6 Å². The lowest BCUT2D eigenvalue weighted by atomic mass is 10.1. The summed E-state index contributed by atoms with van der Waals surface area (Å²) >= 11 is 5.89. The van der Waals surface area contributed by atoms with Crippen molar-refractivity contribution in [3.05, 3.63) is 58.1 Å². The van der Waals surface area contributed by atoms with E-state index in [1.807, 2.05) is 0 Å². The maximum Gasteiger partial charge on any atom is 0.228 e. The highest BCUT2D eigenvalue weighted by Crippen LogP contribution is 2.26. The van der Waals surface area contributed by atoms with E-state index in [1.165, 1.54) is 12.1 Å². The Morgan fingerprint density at radius 3 is 2.67 bits per heavy atom. The molecule has 0 fully saturated rings. The summed E-state index contributed by atoms with van der Waals surface area (Å²) < 4.78 is 26.3. The fourth-order valence-corrected chi connectivity index (χ4v) is 2.03. The fraction of sp³-hybridized carbons (Fsp3) is 0.133. The molecule has 0 radical (unpaired) electrons. The zero-order valence-electron chi connectivity index (χ0n) is 11.2. The minimum atomic E-state index is -0.753. The van der Waals surface area contributed by atoms with Crippen LogP contribution < -0.4 is 11.1 Å². The fourth-order valence-electron chi connectivity index (χ4n) is 1.87. The minimum Gasteiger partial charge on any atom is -0.398 e. The Morgan fingerprint density at radius 2 is 2.00 bits per heavy atom. The van der Waals surface area contributed by atoms with Gasteiger partial charge in [-0.15, -0.1) is 0 Å². The standard InChI is InChI=1S/C15H13ClF2N2O/c1-8-4-13(19)11(16)7-14(8)20-15(21)5-9-2-3-10(17)6-12(9)18/h2-4,6-7H,5,19H2,1H3,(H,20,21). The molecule has 0 aliphatic heterocycles. The molecule has 2 aromatic carbocycles. The summed E-state index contributed by atoms with van der Waals surface area (Å²) in [7, 11) is 0. The molecular formula is C15H13ClF2N2O. The van der Waals surface area contributed by atoms with Gasteiger partial charge in [-0.05, 0) is 36.2 Å². The first-order valence-corrected chi connectivity index (χ1v) is 6.54. The molecule has 0 unspecified atom stereocenters. The molecule has 0 saturated carbocycles. The third-order valence-corrected chi connectivity index (χ3v) is 3.31. The molecular weight excluding hydrogens is 298 g/mol. The van der Waals surface area contributed by atoms with E-state index < -0.39 is 17.5 Å². The summed E-state index contributed by atoms with van der Waals surface area (Å²) in [4.78, 5) is 11.9. The van der Waals surface area contributed by atoms with Crippen molar-refractivity contribution in [2.75, 3.05) is 11.1 Å². The van der Waals surface area contributed by atoms with Gasteiger partial charge in [0, 0.05) is 11.8 Å². The van der Waals surface area contributed by atoms with Crippen LogP contribution in [0.15, 0.2) is 30.3 Å². The van der Waals surface area contributed by atoms with Gasteiger partial charge in [0.05, 0.1) is 17.1 Å². The van der Waals surface area contributed by atoms with E-state index in [0.717, 1.165) is 17.7 Å². The molecule has 21 heavy (non-hydrogen) atoms. The van der Waals surface area contributed by atoms with Crippen LogP contribution in [0.3, 0.4) is 0 Å². The molecule has 6 heteroatoms. The van der Waals surface area contributed by atoms with Gasteiger partial charge >= 0.3 is 0 Å². The maximum atomic E-state index is 13.5. The quantitative estimate of drug-likeness (QED) is 0.850. The molecule has 2 rings (SSSR count). The Kier molecular flexibility index (Phi) is 4.43. The first-order chi connectivity index (χ1) is 9.86. The lowest BCUT2D eigenvalue weighted by Gasteiger charge is -2.11. The van der Waals surface area contributed by atoms with E-state index in [4.69, 9.17) is 17.3 Å². The predicted molar refractivity (Wildman–Crippen MR) is 79.3 cm³/mol. The molecule has 2 aromatic rings. The number of carbonyl (C=O) groups excluding carboxylic acids is 1. The maximum absolute atomic E-state index is 13.5. The summed E-state index contributed by atoms with van der Waals surface area (Å²) in [6.45, 7) is 1.76. The summed E-state index contributed by atoms with van der Waals surface area (Å²) in [6, 6.07) is 6.26. The average Bonchev–Trinajstić information content (AvgIpc) is 2.39. The summed E-state index contributed by atoms with van der Waals surface area (Å²) in [6.07, 6.45) is -0.201. The summed E-state index contributed by atoms with van der Waals surface area (Å²) in [5.74, 6) is -1.86. The molecule has 3 nitrogen and oxygen atoms in total. The molecule has 0 bridgehead atoms. The van der Waals surface area contributed by atoms with Crippen LogP contribution in [0.2, 0.25) is 5.02 Å². The number of nitrogens with one attached hydrogen (secondary N) is 1. The van der Waals surface area contributed by atoms with E-state index in [0.29, 0.717) is 16.4 Å². The zero-order chi connectivity index (χ0) is 15.6. The largest absolute Gasteiger partial charge is 0.398 e. The van der Waals surface area contributed by atoms with Crippen molar-refractivity contribution in [1.29, 1.82) is 0 Å². The number of carbonyl (C=O) groups is 1. The second kappa shape index (κ2) is 6.10. The van der Waals surface area contributed by atoms with Crippen molar-refractivity contribution < 1.29 is 13.6 Å². The van der Waals surface area contributed by atoms with Crippen molar-refractivity contribution in [2.45, 2.75) is 13.3 Å². The number of hydrogen-bond donors (Lipinski definition) is 2. The second-order valence-electron chi connectivity index (χ2n) is 4.65. The SMILES string of the molecule is Cc1cc(N)c(Cl)cc1NC(=O)Cc1ccc(F)cc1F. The number of benzene rings is 2. The molecule has 0 aliphatic carbocycles. The van der Waals surface area contributed by atoms with Crippen LogP contribution in [0.5, 0.6) is 0 Å². The Bertz CT molecular complexity index is 704. The van der Waals surface area contributed by atoms with Crippen LogP contribution in [-0.2, 0) is 11.2 Å². The van der Waals surface area contributed by atoms with Crippen LogP contribution in [0.1, 0.15) is 11.1 Å². The van der Waals surface area contributed by atoms with Crippen molar-refractivity contribution in [1.82, 2.24) is 0 Å². The Morgan fingerprint density at radius 1 is 1.29 bits per heavy atom. The Balaban J connectivity index is 2.13. The minimum absolute atomic E-state index is 0.119. The first kappa shape index (κ1) is 15.3. The molecule has 0 heterocycles. The lowest BCUT2D eigenvalue weighted by molar-refractivity contribution is -0.115. The van der Waals surface area contributed by atoms with Gasteiger partial charge in [0.15, 0.2) is 0 Å². The Labute approximate surface area is 125 Å². The van der Waals surface area contributed by atoms with Crippen LogP contribution in [0.4, 0.5) is 20.2 Å². The Hall–Kier alpha value is -2.14. The number of halogens is 3. The van der Waals surface area contributed by atoms with Gasteiger partial charge in [-0.25, -0.2) is 8.78 Å². The zero-order valence-corrected chi connectivity index (χ0v) is 12.0. The third-order valence-electron chi connectivity index (χ3n) is 2.98. The predicted octanol–water partition coefficient (Wildman–Crippen LogP) is 3.69. The topological polar surface area (TPSA) is 55.1 Å². The van der Waals surface area contributed by atoms with Crippen LogP contribution in [-0.4, -0.2) is 5.91 Å². The summed E-state index contributed by atoms with van der Waals surface area (Å²) in [5, 5.41) is 2.95. The molecule has 0 atom stereocenters. The number of nitrogens with two attached hydrogens (primary N) is 1. The second-order valence-corrected chi connectivity index (χ2v) is 5.06. The monoisotopic (exact) mass is 310 g/mol. The molecule has 1 amide bonds. The number of anilines is 2. The lowest BCUT2D eigenvalue weighted by Crippen LogP contribution is -2.16. The average molecular weight is 311 g/mol. The number of aryl methyl sites for hydroxylation is 1. The van der Waals surface area contributed by atoms with E-state index in [-0.39, 0.29) is 12.0 Å². The van der Waals surface area contributed by atoms with Crippen molar-refractivity contribution in [3.8, 4) is 0 Å². The van der Waals surface area contributed by atoms with Crippen molar-refractivity contribution in [3.63, 3.8) is 0 Å². The van der Waals surface area contributed by atoms with Gasteiger partial charge in [-0.2, -0.15) is 0 Å². The van der Waals surface area contributed by atoms with E-state index >= 15 is 0 Å². The number of hydrogen-bond acceptors (Lipinski definition) is 2. The van der Waals surface area contributed by atoms with Crippen LogP contribution in [0, 0.1) is 18.6 Å². The molecule has 0 spiro atoms. The highest BCUT2D eigenvalue weighted by atomic mass is 35.5. The number of rotatable bonds is 3. The van der Waals surface area contributed by atoms with Gasteiger partial charge in [-0.3, -0.25) is 4.79 Å². The molecule has 3 N–H and O–H groups in total. The van der Waals surface area contributed by atoms with E-state index in [2.05, 4.69) is 5.32 Å². The van der Waals surface area contributed by atoms with Gasteiger partial charge in [0.2, 0.25) is 5.91 Å². The van der Waals surface area contributed by atoms with E-state index in [1.54, 1.807) is 13.0 Å². The highest BCUT2D eigenvalue weighted by Gasteiger charge is 2.11. The van der Waals surface area contributed by atoms with Crippen molar-refractivity contribution >= 4 is 28.9 Å². The molecule has 0 aliphatic rings. The summed E-state index contributed by atoms with van der Waals surface area (Å²) in [5.41, 5.74) is 7.42. The van der Waals surface area contributed by atoms with Crippen LogP contribution in [0.25, 0.3) is 0 Å². The molecule has 110 valence electrons.